The summed E-state index contributed by atoms with van der Waals surface area (Å²) in [5, 5.41) is 0. The third-order valence-corrected chi connectivity index (χ3v) is 6.13. The number of anilines is 4. The van der Waals surface area contributed by atoms with Gasteiger partial charge in [0.15, 0.2) is 0 Å². The molecular formula is C50H82N2. The maximum atomic E-state index is 2.30. The van der Waals surface area contributed by atoms with E-state index in [0.29, 0.717) is 0 Å². The molecule has 0 radical (unpaired) electrons. The van der Waals surface area contributed by atoms with E-state index in [0.717, 1.165) is 13.1 Å². The number of benzene rings is 5. The van der Waals surface area contributed by atoms with Crippen molar-refractivity contribution < 1.29 is 0 Å². The molecule has 0 amide bonds. The van der Waals surface area contributed by atoms with E-state index in [9.17, 15) is 0 Å². The first-order valence-electron chi connectivity index (χ1n) is 20.4. The van der Waals surface area contributed by atoms with Gasteiger partial charge in [0.05, 0.1) is 0 Å². The molecule has 0 aliphatic carbocycles. The smallest absolute Gasteiger partial charge is 0.0410 e. The Labute approximate surface area is 326 Å². The van der Waals surface area contributed by atoms with E-state index in [1.165, 1.54) is 33.9 Å². The number of hydrogen-bond acceptors (Lipinski definition) is 2. The second kappa shape index (κ2) is 46.7. The molecule has 2 heteroatoms. The maximum absolute atomic E-state index is 2.30. The lowest BCUT2D eigenvalue weighted by atomic mass is 10.2. The van der Waals surface area contributed by atoms with Crippen LogP contribution < -0.4 is 9.80 Å². The van der Waals surface area contributed by atoms with Crippen LogP contribution in [0.3, 0.4) is 0 Å². The lowest BCUT2D eigenvalue weighted by molar-refractivity contribution is 1.02. The Morgan fingerprint density at radius 2 is 0.442 bits per heavy atom. The van der Waals surface area contributed by atoms with Crippen molar-refractivity contribution in [3.05, 3.63) is 157 Å². The van der Waals surface area contributed by atoms with Crippen LogP contribution in [0.15, 0.2) is 146 Å². The zero-order chi connectivity index (χ0) is 41.0. The van der Waals surface area contributed by atoms with Crippen LogP contribution in [0.25, 0.3) is 0 Å². The Morgan fingerprint density at radius 3 is 0.635 bits per heavy atom. The summed E-state index contributed by atoms with van der Waals surface area (Å²) in [6, 6.07) is 50.3. The molecule has 5 aromatic carbocycles. The van der Waals surface area contributed by atoms with E-state index >= 15 is 0 Å². The van der Waals surface area contributed by atoms with Gasteiger partial charge in [0.25, 0.3) is 0 Å². The van der Waals surface area contributed by atoms with Crippen LogP contribution in [-0.2, 0) is 0 Å². The van der Waals surface area contributed by atoms with Gasteiger partial charge in [-0.2, -0.15) is 0 Å². The Bertz CT molecular complexity index is 1150. The highest BCUT2D eigenvalue weighted by Gasteiger charge is 2.06. The molecule has 5 rings (SSSR count). The lowest BCUT2D eigenvalue weighted by Crippen LogP contribution is -2.15. The monoisotopic (exact) mass is 711 g/mol. The van der Waals surface area contributed by atoms with Gasteiger partial charge in [-0.1, -0.05) is 205 Å². The molecule has 292 valence electrons. The number of hydrogen-bond donors (Lipinski definition) is 0. The molecular weight excluding hydrogens is 629 g/mol. The topological polar surface area (TPSA) is 6.48 Å². The van der Waals surface area contributed by atoms with Crippen molar-refractivity contribution in [2.24, 2.45) is 0 Å². The molecule has 52 heavy (non-hydrogen) atoms. The molecule has 0 aliphatic heterocycles. The largest absolute Gasteiger partial charge is 0.342 e. The van der Waals surface area contributed by atoms with Gasteiger partial charge in [-0.3, -0.25) is 0 Å². The lowest BCUT2D eigenvalue weighted by Gasteiger charge is -2.23. The SMILES string of the molecule is CC.CC.CC.CC.CC.CC.CC.CCN(c1ccccc1)c1ccc(C)cc1.CCN(c1ccccc1)c1ccc(C)cc1.c1ccccc1. The second-order valence-electron chi connectivity index (χ2n) is 8.99. The minimum atomic E-state index is 0.979. The number of nitrogens with zero attached hydrogens (tertiary/aromatic N) is 2. The molecule has 0 saturated carbocycles. The summed E-state index contributed by atoms with van der Waals surface area (Å²) in [6.07, 6.45) is 0. The fourth-order valence-corrected chi connectivity index (χ4v) is 4.08. The predicted molar refractivity (Wildman–Crippen MR) is 246 cm³/mol. The van der Waals surface area contributed by atoms with E-state index in [1.54, 1.807) is 0 Å². The Morgan fingerprint density at radius 1 is 0.269 bits per heavy atom. The highest BCUT2D eigenvalue weighted by atomic mass is 15.1. The van der Waals surface area contributed by atoms with Crippen molar-refractivity contribution in [2.45, 2.75) is 125 Å². The number of aryl methyl sites for hydroxylation is 2. The Balaban J connectivity index is -0.000000190. The summed E-state index contributed by atoms with van der Waals surface area (Å²) >= 11 is 0. The van der Waals surface area contributed by atoms with Crippen LogP contribution >= 0.6 is 0 Å². The van der Waals surface area contributed by atoms with Gasteiger partial charge in [-0.05, 0) is 76.2 Å². The summed E-state index contributed by atoms with van der Waals surface area (Å²) < 4.78 is 0. The Hall–Kier alpha value is -4.30. The van der Waals surface area contributed by atoms with Crippen molar-refractivity contribution in [3.8, 4) is 0 Å². The van der Waals surface area contributed by atoms with Crippen molar-refractivity contribution in [3.63, 3.8) is 0 Å². The molecule has 0 saturated heterocycles. The molecule has 5 aromatic rings. The molecule has 0 heterocycles. The normalized spacial score (nSPS) is 7.96. The molecule has 2 nitrogen and oxygen atoms in total. The van der Waals surface area contributed by atoms with Crippen LogP contribution in [0.5, 0.6) is 0 Å². The van der Waals surface area contributed by atoms with E-state index in [2.05, 4.69) is 135 Å². The van der Waals surface area contributed by atoms with Crippen molar-refractivity contribution in [2.75, 3.05) is 22.9 Å². The van der Waals surface area contributed by atoms with Gasteiger partial charge in [0, 0.05) is 35.8 Å². The molecule has 0 atom stereocenters. The third-order valence-electron chi connectivity index (χ3n) is 6.13. The second-order valence-corrected chi connectivity index (χ2v) is 8.99. The molecule has 0 aromatic heterocycles. The molecule has 0 spiro atoms. The zero-order valence-corrected chi connectivity index (χ0v) is 37.2. The van der Waals surface area contributed by atoms with Crippen molar-refractivity contribution >= 4 is 22.7 Å². The first-order chi connectivity index (χ1) is 25.6. The maximum Gasteiger partial charge on any atom is 0.0410 e. The summed E-state index contributed by atoms with van der Waals surface area (Å²) in [5.41, 5.74) is 7.59. The average Bonchev–Trinajstić information content (AvgIpc) is 3.27. The molecule has 0 aliphatic rings. The van der Waals surface area contributed by atoms with Crippen LogP contribution in [0, 0.1) is 13.8 Å². The fourth-order valence-electron chi connectivity index (χ4n) is 4.08. The van der Waals surface area contributed by atoms with Gasteiger partial charge in [-0.15, -0.1) is 0 Å². The van der Waals surface area contributed by atoms with Gasteiger partial charge < -0.3 is 9.80 Å². The number of rotatable bonds is 6. The van der Waals surface area contributed by atoms with Gasteiger partial charge in [-0.25, -0.2) is 0 Å². The minimum absolute atomic E-state index is 0.979. The van der Waals surface area contributed by atoms with Crippen LogP contribution in [-0.4, -0.2) is 13.1 Å². The quantitative estimate of drug-likeness (QED) is 0.173. The van der Waals surface area contributed by atoms with E-state index < -0.39 is 0 Å². The van der Waals surface area contributed by atoms with Crippen molar-refractivity contribution in [1.29, 1.82) is 0 Å². The molecule has 0 bridgehead atoms. The standard InChI is InChI=1S/2C15H17N.C6H6.7C2H6/c2*1-3-16(14-7-5-4-6-8-14)15-11-9-13(2)10-12-15;1-2-4-6-5-3-1;7*1-2/h2*4-12H,3H2,1-2H3;1-6H;7*1-2H3. The first-order valence-corrected chi connectivity index (χ1v) is 20.4. The summed E-state index contributed by atoms with van der Waals surface area (Å²) in [6.45, 7) is 38.5. The average molecular weight is 711 g/mol. The number of para-hydroxylation sites is 2. The summed E-state index contributed by atoms with van der Waals surface area (Å²) in [4.78, 5) is 4.61. The third kappa shape index (κ3) is 27.4. The summed E-state index contributed by atoms with van der Waals surface area (Å²) in [5.74, 6) is 0. The highest BCUT2D eigenvalue weighted by molar-refractivity contribution is 5.64. The first kappa shape index (κ1) is 57.1. The molecule has 0 fully saturated rings. The van der Waals surface area contributed by atoms with Crippen LogP contribution in [0.1, 0.15) is 122 Å². The van der Waals surface area contributed by atoms with E-state index in [-0.39, 0.29) is 0 Å². The van der Waals surface area contributed by atoms with Gasteiger partial charge in [0.2, 0.25) is 0 Å². The molecule has 0 N–H and O–H groups in total. The highest BCUT2D eigenvalue weighted by Crippen LogP contribution is 2.25. The van der Waals surface area contributed by atoms with Crippen LogP contribution in [0.2, 0.25) is 0 Å². The van der Waals surface area contributed by atoms with E-state index in [4.69, 9.17) is 0 Å². The predicted octanol–water partition coefficient (Wildman–Crippen LogP) is 17.2. The van der Waals surface area contributed by atoms with Crippen molar-refractivity contribution in [1.82, 2.24) is 0 Å². The Kier molecular flexibility index (Phi) is 51.2. The van der Waals surface area contributed by atoms with Crippen LogP contribution in [0.4, 0.5) is 22.7 Å². The van der Waals surface area contributed by atoms with Gasteiger partial charge >= 0.3 is 0 Å². The molecule has 0 unspecified atom stereocenters. The zero-order valence-electron chi connectivity index (χ0n) is 37.2. The minimum Gasteiger partial charge on any atom is -0.342 e. The van der Waals surface area contributed by atoms with E-state index in [1.807, 2.05) is 145 Å². The summed E-state index contributed by atoms with van der Waals surface area (Å²) in [7, 11) is 0. The fraction of sp³-hybridized carbons (Fsp3) is 0.400. The van der Waals surface area contributed by atoms with Gasteiger partial charge in [0.1, 0.15) is 0 Å².